The summed E-state index contributed by atoms with van der Waals surface area (Å²) < 4.78 is 1.91. The van der Waals surface area contributed by atoms with Gasteiger partial charge in [-0.2, -0.15) is 5.10 Å². The molecular formula is C12H18N2. The van der Waals surface area contributed by atoms with Crippen molar-refractivity contribution in [3.63, 3.8) is 0 Å². The first-order chi connectivity index (χ1) is 6.69. The molecule has 0 spiro atoms. The fourth-order valence-electron chi connectivity index (χ4n) is 1.27. The van der Waals surface area contributed by atoms with Crippen LogP contribution in [0.5, 0.6) is 0 Å². The molecule has 2 heteroatoms. The van der Waals surface area contributed by atoms with Crippen molar-refractivity contribution in [2.45, 2.75) is 33.6 Å². The van der Waals surface area contributed by atoms with Gasteiger partial charge in [0.05, 0.1) is 11.4 Å². The zero-order valence-electron chi connectivity index (χ0n) is 9.36. The molecule has 1 aromatic rings. The van der Waals surface area contributed by atoms with E-state index < -0.39 is 0 Å². The van der Waals surface area contributed by atoms with Crippen LogP contribution in [0.1, 0.15) is 45.0 Å². The first-order valence-electron chi connectivity index (χ1n) is 5.04. The molecule has 0 amide bonds. The Hall–Kier alpha value is -1.31. The van der Waals surface area contributed by atoms with Gasteiger partial charge in [0.1, 0.15) is 0 Å². The average Bonchev–Trinajstić information content (AvgIpc) is 2.50. The van der Waals surface area contributed by atoms with Crippen LogP contribution in [0.3, 0.4) is 0 Å². The van der Waals surface area contributed by atoms with Crippen LogP contribution in [-0.2, 0) is 0 Å². The second kappa shape index (κ2) is 4.80. The lowest BCUT2D eigenvalue weighted by atomic mass is 10.1. The second-order valence-electron chi connectivity index (χ2n) is 3.58. The maximum Gasteiger partial charge on any atom is 0.0661 e. The van der Waals surface area contributed by atoms with E-state index in [4.69, 9.17) is 0 Å². The summed E-state index contributed by atoms with van der Waals surface area (Å²) in [6.07, 6.45) is 8.06. The lowest BCUT2D eigenvalue weighted by Crippen LogP contribution is -1.93. The molecule has 76 valence electrons. The highest BCUT2D eigenvalue weighted by atomic mass is 15.3. The zero-order valence-corrected chi connectivity index (χ0v) is 9.36. The molecule has 0 unspecified atom stereocenters. The van der Waals surface area contributed by atoms with Crippen molar-refractivity contribution in [1.82, 2.24) is 9.78 Å². The maximum atomic E-state index is 4.50. The van der Waals surface area contributed by atoms with E-state index in [-0.39, 0.29) is 0 Å². The molecule has 0 N–H and O–H groups in total. The number of aromatic nitrogens is 2. The second-order valence-corrected chi connectivity index (χ2v) is 3.58. The minimum absolute atomic E-state index is 0.477. The lowest BCUT2D eigenvalue weighted by molar-refractivity contribution is 0.782. The van der Waals surface area contributed by atoms with Crippen molar-refractivity contribution in [1.29, 1.82) is 0 Å². The molecule has 0 atom stereocenters. The Balaban J connectivity index is 3.11. The van der Waals surface area contributed by atoms with E-state index in [0.717, 1.165) is 11.4 Å². The monoisotopic (exact) mass is 190 g/mol. The van der Waals surface area contributed by atoms with E-state index in [0.29, 0.717) is 5.92 Å². The van der Waals surface area contributed by atoms with Crippen molar-refractivity contribution < 1.29 is 0 Å². The lowest BCUT2D eigenvalue weighted by Gasteiger charge is -1.96. The first-order valence-corrected chi connectivity index (χ1v) is 5.04. The Morgan fingerprint density at radius 1 is 1.29 bits per heavy atom. The van der Waals surface area contributed by atoms with Crippen LogP contribution in [0.2, 0.25) is 0 Å². The number of hydrogen-bond donors (Lipinski definition) is 0. The van der Waals surface area contributed by atoms with Gasteiger partial charge < -0.3 is 0 Å². The van der Waals surface area contributed by atoms with Crippen molar-refractivity contribution in [3.8, 4) is 0 Å². The van der Waals surface area contributed by atoms with E-state index in [1.807, 2.05) is 36.9 Å². The predicted molar refractivity (Wildman–Crippen MR) is 62.0 cm³/mol. The van der Waals surface area contributed by atoms with Gasteiger partial charge in [0, 0.05) is 6.20 Å². The number of rotatable bonds is 3. The standard InChI is InChI=1S/C12H18N2/c1-5-7-11-9-12(10(3)4)13-14(11)8-6-2/h5-10H,1-4H3/b7-5-,8-6-. The maximum absolute atomic E-state index is 4.50. The van der Waals surface area contributed by atoms with E-state index in [2.05, 4.69) is 31.1 Å². The largest absolute Gasteiger partial charge is 0.241 e. The highest BCUT2D eigenvalue weighted by Crippen LogP contribution is 2.15. The SMILES string of the molecule is C/C=C\c1cc(C(C)C)nn1/C=C\C. The van der Waals surface area contributed by atoms with Gasteiger partial charge in [-0.25, -0.2) is 4.68 Å². The van der Waals surface area contributed by atoms with Crippen molar-refractivity contribution in [3.05, 3.63) is 29.6 Å². The molecular weight excluding hydrogens is 172 g/mol. The predicted octanol–water partition coefficient (Wildman–Crippen LogP) is 3.53. The van der Waals surface area contributed by atoms with Gasteiger partial charge in [-0.3, -0.25) is 0 Å². The zero-order chi connectivity index (χ0) is 10.6. The Morgan fingerprint density at radius 2 is 2.00 bits per heavy atom. The Bertz CT molecular complexity index is 314. The summed E-state index contributed by atoms with van der Waals surface area (Å²) >= 11 is 0. The third kappa shape index (κ3) is 2.34. The van der Waals surface area contributed by atoms with Gasteiger partial charge in [0.25, 0.3) is 0 Å². The average molecular weight is 190 g/mol. The molecule has 0 aliphatic rings. The van der Waals surface area contributed by atoms with E-state index in [1.54, 1.807) is 0 Å². The van der Waals surface area contributed by atoms with Crippen LogP contribution >= 0.6 is 0 Å². The fourth-order valence-corrected chi connectivity index (χ4v) is 1.27. The first kappa shape index (κ1) is 10.8. The smallest absolute Gasteiger partial charge is 0.0661 e. The van der Waals surface area contributed by atoms with Crippen molar-refractivity contribution >= 4 is 12.3 Å². The molecule has 0 saturated carbocycles. The third-order valence-electron chi connectivity index (χ3n) is 2.00. The van der Waals surface area contributed by atoms with Crippen molar-refractivity contribution in [2.24, 2.45) is 0 Å². The molecule has 1 rings (SSSR count). The Morgan fingerprint density at radius 3 is 2.50 bits per heavy atom. The van der Waals surface area contributed by atoms with Gasteiger partial charge in [-0.1, -0.05) is 26.0 Å². The molecule has 14 heavy (non-hydrogen) atoms. The van der Waals surface area contributed by atoms with Crippen LogP contribution in [-0.4, -0.2) is 9.78 Å². The molecule has 0 radical (unpaired) electrons. The van der Waals surface area contributed by atoms with Crippen LogP contribution in [0.25, 0.3) is 12.3 Å². The summed E-state index contributed by atoms with van der Waals surface area (Å²) in [7, 11) is 0. The summed E-state index contributed by atoms with van der Waals surface area (Å²) in [6.45, 7) is 8.32. The minimum Gasteiger partial charge on any atom is -0.241 e. The van der Waals surface area contributed by atoms with Crippen LogP contribution < -0.4 is 0 Å². The molecule has 0 saturated heterocycles. The molecule has 0 aliphatic carbocycles. The van der Waals surface area contributed by atoms with E-state index >= 15 is 0 Å². The Labute approximate surface area is 85.9 Å². The summed E-state index contributed by atoms with van der Waals surface area (Å²) in [5.41, 5.74) is 2.27. The number of hydrogen-bond acceptors (Lipinski definition) is 1. The summed E-state index contributed by atoms with van der Waals surface area (Å²) in [5, 5.41) is 4.50. The fraction of sp³-hybridized carbons (Fsp3) is 0.417. The van der Waals surface area contributed by atoms with Gasteiger partial charge >= 0.3 is 0 Å². The van der Waals surface area contributed by atoms with Crippen LogP contribution in [0.4, 0.5) is 0 Å². The third-order valence-corrected chi connectivity index (χ3v) is 2.00. The van der Waals surface area contributed by atoms with Gasteiger partial charge in [-0.15, -0.1) is 0 Å². The molecule has 2 nitrogen and oxygen atoms in total. The molecule has 1 heterocycles. The summed E-state index contributed by atoms with van der Waals surface area (Å²) in [6, 6.07) is 2.13. The van der Waals surface area contributed by atoms with Crippen LogP contribution in [0, 0.1) is 0 Å². The highest BCUT2D eigenvalue weighted by Gasteiger charge is 2.06. The molecule has 0 aliphatic heterocycles. The Kier molecular flexibility index (Phi) is 3.69. The summed E-state index contributed by atoms with van der Waals surface area (Å²) in [5.74, 6) is 0.477. The molecule has 0 aromatic carbocycles. The number of nitrogens with zero attached hydrogens (tertiary/aromatic N) is 2. The molecule has 1 aromatic heterocycles. The van der Waals surface area contributed by atoms with Crippen molar-refractivity contribution in [2.75, 3.05) is 0 Å². The molecule has 0 fully saturated rings. The highest BCUT2D eigenvalue weighted by molar-refractivity contribution is 5.49. The normalized spacial score (nSPS) is 12.4. The number of allylic oxidation sites excluding steroid dienone is 2. The van der Waals surface area contributed by atoms with Gasteiger partial charge in [-0.05, 0) is 31.9 Å². The van der Waals surface area contributed by atoms with Crippen LogP contribution in [0.15, 0.2) is 18.2 Å². The van der Waals surface area contributed by atoms with E-state index in [9.17, 15) is 0 Å². The van der Waals surface area contributed by atoms with Gasteiger partial charge in [0.2, 0.25) is 0 Å². The van der Waals surface area contributed by atoms with E-state index in [1.165, 1.54) is 0 Å². The topological polar surface area (TPSA) is 17.8 Å². The summed E-state index contributed by atoms with van der Waals surface area (Å²) in [4.78, 5) is 0. The quantitative estimate of drug-likeness (QED) is 0.713. The van der Waals surface area contributed by atoms with Gasteiger partial charge in [0.15, 0.2) is 0 Å². The molecule has 0 bridgehead atoms. The minimum atomic E-state index is 0.477.